The summed E-state index contributed by atoms with van der Waals surface area (Å²) in [5.74, 6) is -0.116. The lowest BCUT2D eigenvalue weighted by molar-refractivity contribution is -0.384. The monoisotopic (exact) mass is 591 g/mol. The van der Waals surface area contributed by atoms with Crippen LogP contribution in [0.15, 0.2) is 112 Å². The van der Waals surface area contributed by atoms with E-state index in [4.69, 9.17) is 9.15 Å². The van der Waals surface area contributed by atoms with Crippen LogP contribution in [0.3, 0.4) is 0 Å². The minimum absolute atomic E-state index is 0.142. The van der Waals surface area contributed by atoms with Gasteiger partial charge in [0.25, 0.3) is 27.5 Å². The number of furan rings is 1. The third-order valence-electron chi connectivity index (χ3n) is 5.66. The summed E-state index contributed by atoms with van der Waals surface area (Å²) >= 11 is 0. The van der Waals surface area contributed by atoms with E-state index in [1.165, 1.54) is 54.9 Å². The molecule has 0 saturated heterocycles. The summed E-state index contributed by atoms with van der Waals surface area (Å²) < 4.78 is 38.1. The second-order valence-electron chi connectivity index (χ2n) is 8.58. The Balaban J connectivity index is 1.37. The molecule has 0 atom stereocenters. The molecule has 0 aliphatic carbocycles. The Morgan fingerprint density at radius 2 is 1.67 bits per heavy atom. The molecule has 216 valence electrons. The van der Waals surface area contributed by atoms with E-state index in [2.05, 4.69) is 15.8 Å². The standard InChI is InChI=1S/C28H25N5O8S/c34-27(19-32(25-10-4-5-11-26(25)33(36)37)42(38,39)24-8-2-1-3-9-24)31-30-17-21-12-14-22(15-13-21)41-20-28(35)29-18-23-7-6-16-40-23/h1-17H,18-20H2,(H,29,35)(H,31,34)/b30-17+. The number of hydrazone groups is 1. The first-order valence-electron chi connectivity index (χ1n) is 12.4. The number of hydrogen-bond acceptors (Lipinski definition) is 9. The molecule has 0 saturated carbocycles. The molecule has 1 heterocycles. The molecule has 0 unspecified atom stereocenters. The van der Waals surface area contributed by atoms with Crippen LogP contribution in [0.1, 0.15) is 11.3 Å². The van der Waals surface area contributed by atoms with Gasteiger partial charge in [0.15, 0.2) is 6.61 Å². The van der Waals surface area contributed by atoms with Crippen LogP contribution in [-0.4, -0.2) is 44.5 Å². The summed E-state index contributed by atoms with van der Waals surface area (Å²) in [6, 6.07) is 22.4. The second kappa shape index (κ2) is 13.7. The van der Waals surface area contributed by atoms with E-state index in [1.54, 1.807) is 42.5 Å². The molecule has 2 N–H and O–H groups in total. The van der Waals surface area contributed by atoms with Crippen molar-refractivity contribution in [2.75, 3.05) is 17.5 Å². The van der Waals surface area contributed by atoms with Gasteiger partial charge in [-0.25, -0.2) is 18.1 Å². The summed E-state index contributed by atoms with van der Waals surface area (Å²) in [5, 5.41) is 18.1. The zero-order chi connectivity index (χ0) is 30.0. The van der Waals surface area contributed by atoms with Gasteiger partial charge < -0.3 is 14.5 Å². The van der Waals surface area contributed by atoms with Crippen LogP contribution >= 0.6 is 0 Å². The quantitative estimate of drug-likeness (QED) is 0.135. The number of amides is 2. The number of hydrogen-bond donors (Lipinski definition) is 2. The molecule has 42 heavy (non-hydrogen) atoms. The molecule has 0 spiro atoms. The van der Waals surface area contributed by atoms with Crippen LogP contribution in [0.4, 0.5) is 11.4 Å². The van der Waals surface area contributed by atoms with E-state index in [1.807, 2.05) is 0 Å². The number of sulfonamides is 1. The number of rotatable bonds is 13. The normalized spacial score (nSPS) is 11.1. The van der Waals surface area contributed by atoms with Crippen LogP contribution < -0.4 is 19.8 Å². The molecule has 13 nitrogen and oxygen atoms in total. The topological polar surface area (TPSA) is 173 Å². The highest BCUT2D eigenvalue weighted by atomic mass is 32.2. The minimum atomic E-state index is -4.34. The maximum atomic E-state index is 13.4. The number of para-hydroxylation sites is 2. The average Bonchev–Trinajstić information content (AvgIpc) is 3.53. The molecule has 0 aliphatic rings. The van der Waals surface area contributed by atoms with Crippen LogP contribution in [0.5, 0.6) is 5.75 Å². The van der Waals surface area contributed by atoms with Crippen LogP contribution in [0, 0.1) is 10.1 Å². The number of ether oxygens (including phenoxy) is 1. The van der Waals surface area contributed by atoms with Gasteiger partial charge in [-0.15, -0.1) is 0 Å². The fourth-order valence-electron chi connectivity index (χ4n) is 3.64. The molecule has 4 aromatic rings. The second-order valence-corrected chi connectivity index (χ2v) is 10.4. The molecule has 3 aromatic carbocycles. The number of nitrogens with one attached hydrogen (secondary N) is 2. The largest absolute Gasteiger partial charge is 0.484 e. The lowest BCUT2D eigenvalue weighted by Gasteiger charge is -2.23. The summed E-state index contributed by atoms with van der Waals surface area (Å²) in [5.41, 5.74) is 2.06. The van der Waals surface area contributed by atoms with Crippen LogP contribution in [-0.2, 0) is 26.2 Å². The van der Waals surface area contributed by atoms with Gasteiger partial charge >= 0.3 is 0 Å². The maximum absolute atomic E-state index is 13.4. The summed E-state index contributed by atoms with van der Waals surface area (Å²) in [7, 11) is -4.34. The third-order valence-corrected chi connectivity index (χ3v) is 7.43. The molecule has 2 amide bonds. The van der Waals surface area contributed by atoms with Crippen molar-refractivity contribution in [2.24, 2.45) is 5.10 Å². The highest BCUT2D eigenvalue weighted by molar-refractivity contribution is 7.92. The van der Waals surface area contributed by atoms with E-state index in [-0.39, 0.29) is 29.6 Å². The van der Waals surface area contributed by atoms with Gasteiger partial charge in [0.2, 0.25) is 0 Å². The Morgan fingerprint density at radius 1 is 0.952 bits per heavy atom. The van der Waals surface area contributed by atoms with E-state index >= 15 is 0 Å². The Bertz CT molecular complexity index is 1660. The molecule has 0 bridgehead atoms. The van der Waals surface area contributed by atoms with Gasteiger partial charge in [0.1, 0.15) is 23.7 Å². The summed E-state index contributed by atoms with van der Waals surface area (Å²) in [6.07, 6.45) is 2.83. The Kier molecular flexibility index (Phi) is 9.63. The van der Waals surface area contributed by atoms with Gasteiger partial charge in [0.05, 0.1) is 28.8 Å². The number of benzene rings is 3. The van der Waals surface area contributed by atoms with Gasteiger partial charge in [-0.05, 0) is 60.2 Å². The average molecular weight is 592 g/mol. The van der Waals surface area contributed by atoms with Crippen molar-refractivity contribution >= 4 is 39.4 Å². The predicted molar refractivity (Wildman–Crippen MR) is 152 cm³/mol. The number of nitrogens with zero attached hydrogens (tertiary/aromatic N) is 3. The van der Waals surface area contributed by atoms with Crippen molar-refractivity contribution in [1.29, 1.82) is 0 Å². The third kappa shape index (κ3) is 7.79. The van der Waals surface area contributed by atoms with Crippen molar-refractivity contribution in [1.82, 2.24) is 10.7 Å². The number of anilines is 1. The van der Waals surface area contributed by atoms with Gasteiger partial charge in [-0.1, -0.05) is 30.3 Å². The van der Waals surface area contributed by atoms with Crippen molar-refractivity contribution in [3.8, 4) is 5.75 Å². The molecule has 14 heteroatoms. The first-order chi connectivity index (χ1) is 20.2. The fourth-order valence-corrected chi connectivity index (χ4v) is 5.10. The van der Waals surface area contributed by atoms with Crippen molar-refractivity contribution < 1.29 is 32.1 Å². The molecule has 0 radical (unpaired) electrons. The zero-order valence-electron chi connectivity index (χ0n) is 22.0. The van der Waals surface area contributed by atoms with Crippen molar-refractivity contribution in [3.63, 3.8) is 0 Å². The fraction of sp³-hybridized carbons (Fsp3) is 0.107. The number of carbonyl (C=O) groups is 2. The molecule has 0 aliphatic heterocycles. The van der Waals surface area contributed by atoms with Crippen LogP contribution in [0.2, 0.25) is 0 Å². The first kappa shape index (κ1) is 29.5. The SMILES string of the molecule is O=C(COc1ccc(/C=N/NC(=O)CN(c2ccccc2[N+](=O)[O-])S(=O)(=O)c2ccccc2)cc1)NCc1ccco1. The molecule has 4 rings (SSSR count). The Hall–Kier alpha value is -5.50. The number of nitro benzene ring substituents is 1. The van der Waals surface area contributed by atoms with E-state index in [0.29, 0.717) is 21.4 Å². The number of carbonyl (C=O) groups excluding carboxylic acids is 2. The van der Waals surface area contributed by atoms with Gasteiger partial charge in [0, 0.05) is 6.07 Å². The molecular weight excluding hydrogens is 566 g/mol. The lowest BCUT2D eigenvalue weighted by Crippen LogP contribution is -2.39. The highest BCUT2D eigenvalue weighted by Crippen LogP contribution is 2.31. The predicted octanol–water partition coefficient (Wildman–Crippen LogP) is 3.23. The number of nitro groups is 1. The molecule has 0 fully saturated rings. The van der Waals surface area contributed by atoms with E-state index in [9.17, 15) is 28.1 Å². The molecule has 1 aromatic heterocycles. The van der Waals surface area contributed by atoms with Crippen LogP contribution in [0.25, 0.3) is 0 Å². The summed E-state index contributed by atoms with van der Waals surface area (Å²) in [4.78, 5) is 35.4. The Labute approximate surface area is 240 Å². The zero-order valence-corrected chi connectivity index (χ0v) is 22.8. The van der Waals surface area contributed by atoms with Crippen molar-refractivity contribution in [3.05, 3.63) is 119 Å². The van der Waals surface area contributed by atoms with Gasteiger partial charge in [-0.3, -0.25) is 19.7 Å². The lowest BCUT2D eigenvalue weighted by atomic mass is 10.2. The van der Waals surface area contributed by atoms with Crippen molar-refractivity contribution in [2.45, 2.75) is 11.4 Å². The highest BCUT2D eigenvalue weighted by Gasteiger charge is 2.31. The van der Waals surface area contributed by atoms with E-state index in [0.717, 1.165) is 6.07 Å². The smallest absolute Gasteiger partial charge is 0.293 e. The molecular formula is C28H25N5O8S. The Morgan fingerprint density at radius 3 is 2.36 bits per heavy atom. The van der Waals surface area contributed by atoms with E-state index < -0.39 is 33.1 Å². The maximum Gasteiger partial charge on any atom is 0.293 e. The summed E-state index contributed by atoms with van der Waals surface area (Å²) in [6.45, 7) is -0.727. The minimum Gasteiger partial charge on any atom is -0.484 e. The first-order valence-corrected chi connectivity index (χ1v) is 13.8. The van der Waals surface area contributed by atoms with Gasteiger partial charge in [-0.2, -0.15) is 5.10 Å².